The Morgan fingerprint density at radius 1 is 1.24 bits per heavy atom. The summed E-state index contributed by atoms with van der Waals surface area (Å²) in [7, 11) is 0. The van der Waals surface area contributed by atoms with Crippen LogP contribution in [0.25, 0.3) is 0 Å². The molecule has 1 aromatic carbocycles. The van der Waals surface area contributed by atoms with Crippen molar-refractivity contribution >= 4 is 0 Å². The van der Waals surface area contributed by atoms with E-state index in [0.29, 0.717) is 12.1 Å². The number of aromatic amines is 1. The Labute approximate surface area is 125 Å². The van der Waals surface area contributed by atoms with Gasteiger partial charge in [0.05, 0.1) is 0 Å². The third-order valence-corrected chi connectivity index (χ3v) is 4.44. The molecule has 3 heteroatoms. The number of aromatic nitrogens is 1. The van der Waals surface area contributed by atoms with Crippen molar-refractivity contribution in [2.75, 3.05) is 0 Å². The maximum atomic E-state index is 11.5. The summed E-state index contributed by atoms with van der Waals surface area (Å²) in [5.41, 5.74) is 5.01. The number of hydrogen-bond donors (Lipinski definition) is 2. The molecule has 2 aromatic rings. The van der Waals surface area contributed by atoms with E-state index >= 15 is 0 Å². The summed E-state index contributed by atoms with van der Waals surface area (Å²) in [6.45, 7) is 4.36. The lowest BCUT2D eigenvalue weighted by atomic mass is 9.90. The Balaban J connectivity index is 1.84. The van der Waals surface area contributed by atoms with Crippen LogP contribution in [0, 0.1) is 6.92 Å². The molecule has 0 spiro atoms. The van der Waals surface area contributed by atoms with Crippen LogP contribution < -0.4 is 10.9 Å². The number of pyridine rings is 1. The molecule has 2 N–H and O–H groups in total. The van der Waals surface area contributed by atoms with Gasteiger partial charge in [-0.2, -0.15) is 0 Å². The van der Waals surface area contributed by atoms with Gasteiger partial charge in [-0.05, 0) is 49.8 Å². The molecular formula is C18H22N2O. The number of benzene rings is 1. The minimum absolute atomic E-state index is 0.00125. The van der Waals surface area contributed by atoms with Gasteiger partial charge in [-0.15, -0.1) is 0 Å². The lowest BCUT2D eigenvalue weighted by Gasteiger charge is -2.29. The van der Waals surface area contributed by atoms with Crippen molar-refractivity contribution in [3.63, 3.8) is 0 Å². The van der Waals surface area contributed by atoms with E-state index < -0.39 is 0 Å². The normalized spacial score (nSPS) is 19.0. The molecule has 0 radical (unpaired) electrons. The third kappa shape index (κ3) is 2.93. The minimum atomic E-state index is 0.00125. The number of hydrogen-bond acceptors (Lipinski definition) is 2. The molecule has 1 heterocycles. The van der Waals surface area contributed by atoms with E-state index in [1.165, 1.54) is 16.7 Å². The molecule has 0 saturated heterocycles. The zero-order valence-electron chi connectivity index (χ0n) is 12.6. The average Bonchev–Trinajstić information content (AvgIpc) is 2.47. The van der Waals surface area contributed by atoms with Crippen molar-refractivity contribution in [2.24, 2.45) is 0 Å². The molecule has 0 amide bonds. The second kappa shape index (κ2) is 5.86. The fraction of sp³-hybridized carbons (Fsp3) is 0.389. The highest BCUT2D eigenvalue weighted by molar-refractivity contribution is 5.30. The molecule has 0 saturated carbocycles. The third-order valence-electron chi connectivity index (χ3n) is 4.44. The molecule has 1 aromatic heterocycles. The highest BCUT2D eigenvalue weighted by Crippen LogP contribution is 2.30. The van der Waals surface area contributed by atoms with Gasteiger partial charge in [0, 0.05) is 23.8 Å². The summed E-state index contributed by atoms with van der Waals surface area (Å²) < 4.78 is 0. The van der Waals surface area contributed by atoms with Crippen LogP contribution in [0.3, 0.4) is 0 Å². The van der Waals surface area contributed by atoms with Gasteiger partial charge in [-0.25, -0.2) is 0 Å². The number of aryl methyl sites for hydroxylation is 2. The molecule has 0 bridgehead atoms. The predicted molar refractivity (Wildman–Crippen MR) is 85.5 cm³/mol. The van der Waals surface area contributed by atoms with E-state index in [1.807, 2.05) is 6.07 Å². The van der Waals surface area contributed by atoms with Crippen LogP contribution >= 0.6 is 0 Å². The fourth-order valence-corrected chi connectivity index (χ4v) is 3.34. The molecule has 2 atom stereocenters. The Kier molecular flexibility index (Phi) is 3.93. The van der Waals surface area contributed by atoms with E-state index in [-0.39, 0.29) is 5.56 Å². The highest BCUT2D eigenvalue weighted by Gasteiger charge is 2.22. The molecule has 3 rings (SSSR count). The standard InChI is InChI=1S/C18H22N2O/c1-12-6-3-4-7-14(12)13(2)19-16-8-5-9-17-15(16)10-11-18(21)20-17/h3-4,6-7,10-11,13,16,19H,5,8-9H2,1-2H3,(H,20,21)/t13-,16?/m0/s1. The maximum absolute atomic E-state index is 11.5. The molecule has 1 aliphatic rings. The van der Waals surface area contributed by atoms with Crippen LogP contribution in [0.4, 0.5) is 0 Å². The topological polar surface area (TPSA) is 44.9 Å². The molecule has 110 valence electrons. The van der Waals surface area contributed by atoms with Gasteiger partial charge in [0.1, 0.15) is 0 Å². The average molecular weight is 282 g/mol. The smallest absolute Gasteiger partial charge is 0.248 e. The molecule has 1 aliphatic carbocycles. The molecule has 3 nitrogen and oxygen atoms in total. The largest absolute Gasteiger partial charge is 0.326 e. The Morgan fingerprint density at radius 3 is 2.86 bits per heavy atom. The summed E-state index contributed by atoms with van der Waals surface area (Å²) >= 11 is 0. The van der Waals surface area contributed by atoms with Gasteiger partial charge in [-0.1, -0.05) is 30.3 Å². The monoisotopic (exact) mass is 282 g/mol. The molecule has 0 aliphatic heterocycles. The van der Waals surface area contributed by atoms with Crippen molar-refractivity contribution in [2.45, 2.75) is 45.2 Å². The number of fused-ring (bicyclic) bond motifs is 1. The highest BCUT2D eigenvalue weighted by atomic mass is 16.1. The Morgan fingerprint density at radius 2 is 2.05 bits per heavy atom. The number of H-pyrrole nitrogens is 1. The summed E-state index contributed by atoms with van der Waals surface area (Å²) in [6.07, 6.45) is 3.21. The van der Waals surface area contributed by atoms with Gasteiger partial charge < -0.3 is 10.3 Å². The van der Waals surface area contributed by atoms with E-state index in [9.17, 15) is 4.79 Å². The minimum Gasteiger partial charge on any atom is -0.326 e. The first-order valence-corrected chi connectivity index (χ1v) is 7.69. The quantitative estimate of drug-likeness (QED) is 0.906. The second-order valence-corrected chi connectivity index (χ2v) is 5.95. The van der Waals surface area contributed by atoms with Gasteiger partial charge in [0.25, 0.3) is 0 Å². The first-order valence-electron chi connectivity index (χ1n) is 7.69. The van der Waals surface area contributed by atoms with Crippen LogP contribution in [-0.4, -0.2) is 4.98 Å². The first-order chi connectivity index (χ1) is 10.1. The van der Waals surface area contributed by atoms with Crippen molar-refractivity contribution in [1.82, 2.24) is 10.3 Å². The van der Waals surface area contributed by atoms with Gasteiger partial charge in [-0.3, -0.25) is 4.79 Å². The summed E-state index contributed by atoms with van der Waals surface area (Å²) in [4.78, 5) is 14.4. The van der Waals surface area contributed by atoms with Crippen LogP contribution in [0.5, 0.6) is 0 Å². The predicted octanol–water partition coefficient (Wildman–Crippen LogP) is 3.41. The maximum Gasteiger partial charge on any atom is 0.248 e. The fourth-order valence-electron chi connectivity index (χ4n) is 3.34. The van der Waals surface area contributed by atoms with E-state index in [4.69, 9.17) is 0 Å². The van der Waals surface area contributed by atoms with Crippen molar-refractivity contribution in [3.8, 4) is 0 Å². The molecular weight excluding hydrogens is 260 g/mol. The van der Waals surface area contributed by atoms with Gasteiger partial charge in [0.2, 0.25) is 5.56 Å². The Hall–Kier alpha value is -1.87. The Bertz CT molecular complexity index is 690. The lowest BCUT2D eigenvalue weighted by Crippen LogP contribution is -2.29. The van der Waals surface area contributed by atoms with Crippen LogP contribution in [-0.2, 0) is 6.42 Å². The zero-order chi connectivity index (χ0) is 14.8. The van der Waals surface area contributed by atoms with Gasteiger partial charge in [0.15, 0.2) is 0 Å². The summed E-state index contributed by atoms with van der Waals surface area (Å²) in [5, 5.41) is 3.73. The zero-order valence-corrected chi connectivity index (χ0v) is 12.6. The van der Waals surface area contributed by atoms with Crippen LogP contribution in [0.15, 0.2) is 41.2 Å². The summed E-state index contributed by atoms with van der Waals surface area (Å²) in [5.74, 6) is 0. The summed E-state index contributed by atoms with van der Waals surface area (Å²) in [6, 6.07) is 12.7. The van der Waals surface area contributed by atoms with Crippen molar-refractivity contribution in [1.29, 1.82) is 0 Å². The van der Waals surface area contributed by atoms with Crippen LogP contribution in [0.2, 0.25) is 0 Å². The first kappa shape index (κ1) is 14.1. The van der Waals surface area contributed by atoms with Gasteiger partial charge >= 0.3 is 0 Å². The second-order valence-electron chi connectivity index (χ2n) is 5.95. The molecule has 1 unspecified atom stereocenters. The van der Waals surface area contributed by atoms with E-state index in [1.54, 1.807) is 6.07 Å². The van der Waals surface area contributed by atoms with E-state index in [0.717, 1.165) is 25.0 Å². The number of rotatable bonds is 3. The van der Waals surface area contributed by atoms with Crippen molar-refractivity contribution in [3.05, 3.63) is 69.1 Å². The molecule has 0 fully saturated rings. The number of nitrogens with one attached hydrogen (secondary N) is 2. The van der Waals surface area contributed by atoms with Crippen molar-refractivity contribution < 1.29 is 0 Å². The molecule has 21 heavy (non-hydrogen) atoms. The van der Waals surface area contributed by atoms with E-state index in [2.05, 4.69) is 48.4 Å². The lowest BCUT2D eigenvalue weighted by molar-refractivity contribution is 0.411. The SMILES string of the molecule is Cc1ccccc1[C@H](C)NC1CCCc2[nH]c(=O)ccc21. The van der Waals surface area contributed by atoms with Crippen LogP contribution in [0.1, 0.15) is 54.2 Å².